The van der Waals surface area contributed by atoms with Crippen molar-refractivity contribution >= 4 is 5.91 Å². The quantitative estimate of drug-likeness (QED) is 0.879. The van der Waals surface area contributed by atoms with Gasteiger partial charge in [-0.2, -0.15) is 0 Å². The standard InChI is InChI=1S/C20H25NO3/c1-13-6-7-16(10-14(13)2)11-20(22)21-15(3)18-12-17(23-4)8-9-19(18)24-5/h6-10,12,15H,11H2,1-5H3,(H,21,22)/t15-/m0/s1. The van der Waals surface area contributed by atoms with Crippen LogP contribution in [0.5, 0.6) is 11.5 Å². The van der Waals surface area contributed by atoms with E-state index in [0.717, 1.165) is 22.6 Å². The van der Waals surface area contributed by atoms with Gasteiger partial charge in [-0.1, -0.05) is 18.2 Å². The lowest BCUT2D eigenvalue weighted by Gasteiger charge is -2.18. The second kappa shape index (κ2) is 7.86. The maximum Gasteiger partial charge on any atom is 0.224 e. The molecule has 0 aliphatic rings. The number of benzene rings is 2. The van der Waals surface area contributed by atoms with Crippen LogP contribution in [0.4, 0.5) is 0 Å². The molecule has 2 rings (SSSR count). The average molecular weight is 327 g/mol. The highest BCUT2D eigenvalue weighted by Crippen LogP contribution is 2.29. The third-order valence-electron chi connectivity index (χ3n) is 4.22. The van der Waals surface area contributed by atoms with E-state index in [-0.39, 0.29) is 11.9 Å². The Morgan fingerprint density at radius 3 is 2.42 bits per heavy atom. The van der Waals surface area contributed by atoms with Gasteiger partial charge in [0.15, 0.2) is 0 Å². The summed E-state index contributed by atoms with van der Waals surface area (Å²) in [6.45, 7) is 6.06. The molecular weight excluding hydrogens is 302 g/mol. The van der Waals surface area contributed by atoms with Crippen molar-refractivity contribution in [3.05, 3.63) is 58.7 Å². The first-order chi connectivity index (χ1) is 11.4. The Morgan fingerprint density at radius 2 is 1.79 bits per heavy atom. The number of carbonyl (C=O) groups is 1. The first-order valence-corrected chi connectivity index (χ1v) is 8.02. The van der Waals surface area contributed by atoms with Gasteiger partial charge in [-0.05, 0) is 55.7 Å². The van der Waals surface area contributed by atoms with E-state index in [1.165, 1.54) is 11.1 Å². The molecule has 0 aromatic heterocycles. The van der Waals surface area contributed by atoms with Crippen LogP contribution in [-0.4, -0.2) is 20.1 Å². The molecule has 0 bridgehead atoms. The summed E-state index contributed by atoms with van der Waals surface area (Å²) in [5.41, 5.74) is 4.34. The van der Waals surface area contributed by atoms with Crippen molar-refractivity contribution in [2.45, 2.75) is 33.2 Å². The Morgan fingerprint density at radius 1 is 1.04 bits per heavy atom. The lowest BCUT2D eigenvalue weighted by atomic mass is 10.0. The van der Waals surface area contributed by atoms with Crippen LogP contribution in [0.2, 0.25) is 0 Å². The van der Waals surface area contributed by atoms with E-state index >= 15 is 0 Å². The fourth-order valence-corrected chi connectivity index (χ4v) is 2.65. The molecule has 128 valence electrons. The fourth-order valence-electron chi connectivity index (χ4n) is 2.65. The van der Waals surface area contributed by atoms with Gasteiger partial charge < -0.3 is 14.8 Å². The highest BCUT2D eigenvalue weighted by molar-refractivity contribution is 5.79. The molecule has 0 heterocycles. The van der Waals surface area contributed by atoms with Gasteiger partial charge in [0.05, 0.1) is 26.7 Å². The summed E-state index contributed by atoms with van der Waals surface area (Å²) < 4.78 is 10.6. The van der Waals surface area contributed by atoms with E-state index in [0.29, 0.717) is 6.42 Å². The van der Waals surface area contributed by atoms with Crippen LogP contribution < -0.4 is 14.8 Å². The van der Waals surface area contributed by atoms with E-state index in [1.807, 2.05) is 37.3 Å². The third-order valence-corrected chi connectivity index (χ3v) is 4.22. The van der Waals surface area contributed by atoms with E-state index in [9.17, 15) is 4.79 Å². The maximum atomic E-state index is 12.4. The third kappa shape index (κ3) is 4.28. The number of hydrogen-bond donors (Lipinski definition) is 1. The van der Waals surface area contributed by atoms with Crippen molar-refractivity contribution < 1.29 is 14.3 Å². The Kier molecular flexibility index (Phi) is 5.85. The molecule has 0 radical (unpaired) electrons. The molecule has 1 amide bonds. The molecule has 2 aromatic carbocycles. The molecule has 4 nitrogen and oxygen atoms in total. The number of amides is 1. The first kappa shape index (κ1) is 17.9. The minimum Gasteiger partial charge on any atom is -0.497 e. The van der Waals surface area contributed by atoms with Crippen molar-refractivity contribution in [2.75, 3.05) is 14.2 Å². The molecular formula is C20H25NO3. The largest absolute Gasteiger partial charge is 0.497 e. The van der Waals surface area contributed by atoms with Gasteiger partial charge in [0.25, 0.3) is 0 Å². The molecule has 0 saturated heterocycles. The first-order valence-electron chi connectivity index (χ1n) is 8.02. The number of hydrogen-bond acceptors (Lipinski definition) is 3. The maximum absolute atomic E-state index is 12.4. The average Bonchev–Trinajstić information content (AvgIpc) is 2.57. The van der Waals surface area contributed by atoms with Gasteiger partial charge in [0.1, 0.15) is 11.5 Å². The summed E-state index contributed by atoms with van der Waals surface area (Å²) in [7, 11) is 3.24. The van der Waals surface area contributed by atoms with Crippen LogP contribution in [0, 0.1) is 13.8 Å². The summed E-state index contributed by atoms with van der Waals surface area (Å²) in [5.74, 6) is 1.45. The van der Waals surface area contributed by atoms with Crippen molar-refractivity contribution in [2.24, 2.45) is 0 Å². The second-order valence-electron chi connectivity index (χ2n) is 5.99. The van der Waals surface area contributed by atoms with Crippen LogP contribution in [0.15, 0.2) is 36.4 Å². The van der Waals surface area contributed by atoms with Crippen LogP contribution in [0.25, 0.3) is 0 Å². The minimum atomic E-state index is -0.172. The smallest absolute Gasteiger partial charge is 0.224 e. The topological polar surface area (TPSA) is 47.6 Å². The van der Waals surface area contributed by atoms with Gasteiger partial charge >= 0.3 is 0 Å². The van der Waals surface area contributed by atoms with Crippen molar-refractivity contribution in [3.8, 4) is 11.5 Å². The number of rotatable bonds is 6. The summed E-state index contributed by atoms with van der Waals surface area (Å²) in [6, 6.07) is 11.5. The van der Waals surface area contributed by atoms with Crippen LogP contribution in [0.1, 0.15) is 35.2 Å². The van der Waals surface area contributed by atoms with Gasteiger partial charge in [-0.15, -0.1) is 0 Å². The van der Waals surface area contributed by atoms with Gasteiger partial charge in [0, 0.05) is 5.56 Å². The van der Waals surface area contributed by atoms with E-state index in [2.05, 4.69) is 25.2 Å². The number of nitrogens with one attached hydrogen (secondary N) is 1. The summed E-state index contributed by atoms with van der Waals surface area (Å²) in [4.78, 5) is 12.4. The van der Waals surface area contributed by atoms with Gasteiger partial charge in [-0.3, -0.25) is 4.79 Å². The van der Waals surface area contributed by atoms with Crippen LogP contribution in [0.3, 0.4) is 0 Å². The predicted molar refractivity (Wildman–Crippen MR) is 95.7 cm³/mol. The summed E-state index contributed by atoms with van der Waals surface area (Å²) in [6.07, 6.45) is 0.359. The Balaban J connectivity index is 2.09. The molecule has 1 N–H and O–H groups in total. The van der Waals surface area contributed by atoms with Crippen molar-refractivity contribution in [1.29, 1.82) is 0 Å². The lowest BCUT2D eigenvalue weighted by Crippen LogP contribution is -2.28. The Hall–Kier alpha value is -2.49. The molecule has 0 spiro atoms. The fraction of sp³-hybridized carbons (Fsp3) is 0.350. The normalized spacial score (nSPS) is 11.7. The molecule has 24 heavy (non-hydrogen) atoms. The van der Waals surface area contributed by atoms with E-state index in [1.54, 1.807) is 14.2 Å². The number of methoxy groups -OCH3 is 2. The lowest BCUT2D eigenvalue weighted by molar-refractivity contribution is -0.121. The highest BCUT2D eigenvalue weighted by atomic mass is 16.5. The summed E-state index contributed by atoms with van der Waals surface area (Å²) in [5, 5.41) is 3.03. The van der Waals surface area contributed by atoms with Crippen LogP contribution >= 0.6 is 0 Å². The molecule has 0 aliphatic heterocycles. The number of aryl methyl sites for hydroxylation is 2. The molecule has 1 atom stereocenters. The molecule has 2 aromatic rings. The zero-order chi connectivity index (χ0) is 17.7. The number of carbonyl (C=O) groups excluding carboxylic acids is 1. The molecule has 4 heteroatoms. The Bertz CT molecular complexity index is 725. The predicted octanol–water partition coefficient (Wildman–Crippen LogP) is 3.74. The summed E-state index contributed by atoms with van der Waals surface area (Å²) >= 11 is 0. The zero-order valence-corrected chi connectivity index (χ0v) is 15.0. The minimum absolute atomic E-state index is 0.0179. The van der Waals surface area contributed by atoms with E-state index in [4.69, 9.17) is 9.47 Å². The van der Waals surface area contributed by atoms with Crippen LogP contribution in [-0.2, 0) is 11.2 Å². The molecule has 0 aliphatic carbocycles. The number of ether oxygens (including phenoxy) is 2. The second-order valence-corrected chi connectivity index (χ2v) is 5.99. The van der Waals surface area contributed by atoms with Gasteiger partial charge in [-0.25, -0.2) is 0 Å². The van der Waals surface area contributed by atoms with Crippen molar-refractivity contribution in [1.82, 2.24) is 5.32 Å². The SMILES string of the molecule is COc1ccc(OC)c([C@H](C)NC(=O)Cc2ccc(C)c(C)c2)c1. The molecule has 0 saturated carbocycles. The van der Waals surface area contributed by atoms with E-state index < -0.39 is 0 Å². The zero-order valence-electron chi connectivity index (χ0n) is 15.0. The monoisotopic (exact) mass is 327 g/mol. The Labute approximate surface area is 143 Å². The van der Waals surface area contributed by atoms with Gasteiger partial charge in [0.2, 0.25) is 5.91 Å². The van der Waals surface area contributed by atoms with Crippen molar-refractivity contribution in [3.63, 3.8) is 0 Å². The molecule has 0 fully saturated rings. The molecule has 0 unspecified atom stereocenters. The highest BCUT2D eigenvalue weighted by Gasteiger charge is 2.15.